The molecule has 0 aliphatic carbocycles. The summed E-state index contributed by atoms with van der Waals surface area (Å²) in [5.74, 6) is 1.14. The lowest BCUT2D eigenvalue weighted by molar-refractivity contribution is -0.131. The van der Waals surface area contributed by atoms with Crippen molar-refractivity contribution in [3.05, 3.63) is 23.9 Å². The van der Waals surface area contributed by atoms with Gasteiger partial charge in [0, 0.05) is 24.6 Å². The minimum absolute atomic E-state index is 0.0587. The molecule has 5 nitrogen and oxygen atoms in total. The van der Waals surface area contributed by atoms with Crippen molar-refractivity contribution in [2.75, 3.05) is 18.4 Å². The van der Waals surface area contributed by atoms with E-state index < -0.39 is 5.41 Å². The predicted octanol–water partition coefficient (Wildman–Crippen LogP) is 3.34. The van der Waals surface area contributed by atoms with E-state index in [9.17, 15) is 9.59 Å². The second-order valence-electron chi connectivity index (χ2n) is 7.18. The number of unbranched alkanes of at least 4 members (excludes halogenated alkanes) is 1. The highest BCUT2D eigenvalue weighted by Gasteiger charge is 2.30. The molecular weight excluding hydrogens is 302 g/mol. The molecule has 0 fully saturated rings. The molecule has 0 aromatic carbocycles. The predicted molar refractivity (Wildman–Crippen MR) is 98.0 cm³/mol. The standard InChI is InChI=1S/C19H31N3O2/c1-14(2)19(4,5)16(23)13-22-18(24)8-6-7-10-20-17-12-15(3)9-11-21-17/h9,11-12,14H,6-8,10,13H2,1-5H3,(H,20,21)(H,22,24). The molecule has 134 valence electrons. The van der Waals surface area contributed by atoms with Crippen LogP contribution in [-0.4, -0.2) is 29.8 Å². The highest BCUT2D eigenvalue weighted by Crippen LogP contribution is 2.26. The Balaban J connectivity index is 2.17. The third kappa shape index (κ3) is 6.69. The summed E-state index contributed by atoms with van der Waals surface area (Å²) in [7, 11) is 0. The van der Waals surface area contributed by atoms with Crippen LogP contribution >= 0.6 is 0 Å². The highest BCUT2D eigenvalue weighted by atomic mass is 16.2. The van der Waals surface area contributed by atoms with Crippen LogP contribution < -0.4 is 10.6 Å². The van der Waals surface area contributed by atoms with Crippen molar-refractivity contribution in [1.82, 2.24) is 10.3 Å². The average molecular weight is 333 g/mol. The van der Waals surface area contributed by atoms with E-state index in [1.165, 1.54) is 5.56 Å². The van der Waals surface area contributed by atoms with Gasteiger partial charge in [0.1, 0.15) is 5.82 Å². The second kappa shape index (κ2) is 9.40. The fourth-order valence-electron chi connectivity index (χ4n) is 2.08. The fraction of sp³-hybridized carbons (Fsp3) is 0.632. The molecule has 1 aromatic heterocycles. The van der Waals surface area contributed by atoms with Crippen LogP contribution in [0, 0.1) is 18.3 Å². The summed E-state index contributed by atoms with van der Waals surface area (Å²) in [5, 5.41) is 5.98. The molecule has 5 heteroatoms. The Morgan fingerprint density at radius 2 is 1.96 bits per heavy atom. The van der Waals surface area contributed by atoms with E-state index in [1.54, 1.807) is 6.20 Å². The van der Waals surface area contributed by atoms with Crippen LogP contribution in [0.1, 0.15) is 52.5 Å². The van der Waals surface area contributed by atoms with Crippen molar-refractivity contribution in [1.29, 1.82) is 0 Å². The van der Waals surface area contributed by atoms with Crippen LogP contribution in [-0.2, 0) is 9.59 Å². The van der Waals surface area contributed by atoms with Gasteiger partial charge in [-0.1, -0.05) is 27.7 Å². The maximum Gasteiger partial charge on any atom is 0.220 e. The molecule has 2 N–H and O–H groups in total. The van der Waals surface area contributed by atoms with Crippen molar-refractivity contribution in [2.45, 2.75) is 53.9 Å². The Labute approximate surface area is 145 Å². The van der Waals surface area contributed by atoms with E-state index in [0.717, 1.165) is 25.2 Å². The summed E-state index contributed by atoms with van der Waals surface area (Å²) < 4.78 is 0. The lowest BCUT2D eigenvalue weighted by atomic mass is 9.77. The quantitative estimate of drug-likeness (QED) is 0.644. The topological polar surface area (TPSA) is 71.1 Å². The molecule has 0 aliphatic rings. The third-order valence-electron chi connectivity index (χ3n) is 4.66. The molecule has 0 bridgehead atoms. The molecule has 0 atom stereocenters. The van der Waals surface area contributed by atoms with Gasteiger partial charge in [-0.25, -0.2) is 4.98 Å². The fourth-order valence-corrected chi connectivity index (χ4v) is 2.08. The van der Waals surface area contributed by atoms with Gasteiger partial charge in [0.15, 0.2) is 5.78 Å². The van der Waals surface area contributed by atoms with Crippen molar-refractivity contribution in [2.24, 2.45) is 11.3 Å². The van der Waals surface area contributed by atoms with E-state index in [-0.39, 0.29) is 24.2 Å². The molecule has 1 rings (SSSR count). The van der Waals surface area contributed by atoms with Gasteiger partial charge in [-0.3, -0.25) is 9.59 Å². The zero-order valence-electron chi connectivity index (χ0n) is 15.6. The molecule has 0 saturated carbocycles. The number of nitrogens with one attached hydrogen (secondary N) is 2. The summed E-state index contributed by atoms with van der Waals surface area (Å²) in [6.07, 6.45) is 3.89. The Bertz CT molecular complexity index is 553. The minimum Gasteiger partial charge on any atom is -0.370 e. The SMILES string of the molecule is Cc1ccnc(NCCCCC(=O)NCC(=O)C(C)(C)C(C)C)c1. The molecule has 0 radical (unpaired) electrons. The number of pyridine rings is 1. The Hall–Kier alpha value is -1.91. The maximum absolute atomic E-state index is 12.1. The van der Waals surface area contributed by atoms with E-state index in [0.29, 0.717) is 6.42 Å². The zero-order valence-corrected chi connectivity index (χ0v) is 15.6. The van der Waals surface area contributed by atoms with Crippen LogP contribution in [0.15, 0.2) is 18.3 Å². The number of ketones is 1. The third-order valence-corrected chi connectivity index (χ3v) is 4.66. The number of Topliss-reactive ketones (excluding diaryl/α,β-unsaturated/α-hetero) is 1. The van der Waals surface area contributed by atoms with Crippen LogP contribution in [0.25, 0.3) is 0 Å². The van der Waals surface area contributed by atoms with Crippen LogP contribution in [0.5, 0.6) is 0 Å². The highest BCUT2D eigenvalue weighted by molar-refractivity contribution is 5.89. The van der Waals surface area contributed by atoms with Gasteiger partial charge in [0.2, 0.25) is 5.91 Å². The summed E-state index contributed by atoms with van der Waals surface area (Å²) in [4.78, 5) is 28.2. The van der Waals surface area contributed by atoms with E-state index >= 15 is 0 Å². The summed E-state index contributed by atoms with van der Waals surface area (Å²) in [6.45, 7) is 10.8. The number of carbonyl (C=O) groups excluding carboxylic acids is 2. The first-order valence-corrected chi connectivity index (χ1v) is 8.70. The van der Waals surface area contributed by atoms with Crippen molar-refractivity contribution in [3.63, 3.8) is 0 Å². The smallest absolute Gasteiger partial charge is 0.220 e. The molecule has 0 saturated heterocycles. The number of hydrogen-bond donors (Lipinski definition) is 2. The number of aryl methyl sites for hydroxylation is 1. The second-order valence-corrected chi connectivity index (χ2v) is 7.18. The molecule has 0 unspecified atom stereocenters. The van der Waals surface area contributed by atoms with Gasteiger partial charge in [0.05, 0.1) is 6.54 Å². The Morgan fingerprint density at radius 1 is 1.25 bits per heavy atom. The molecule has 1 amide bonds. The summed E-state index contributed by atoms with van der Waals surface area (Å²) in [5.41, 5.74) is 0.763. The maximum atomic E-state index is 12.1. The largest absolute Gasteiger partial charge is 0.370 e. The minimum atomic E-state index is -0.405. The summed E-state index contributed by atoms with van der Waals surface area (Å²) in [6, 6.07) is 3.95. The molecule has 1 heterocycles. The van der Waals surface area contributed by atoms with E-state index in [2.05, 4.69) is 15.6 Å². The molecule has 0 spiro atoms. The summed E-state index contributed by atoms with van der Waals surface area (Å²) >= 11 is 0. The lowest BCUT2D eigenvalue weighted by Gasteiger charge is -2.27. The number of aromatic nitrogens is 1. The molecular formula is C19H31N3O2. The van der Waals surface area contributed by atoms with E-state index in [1.807, 2.05) is 46.8 Å². The monoisotopic (exact) mass is 333 g/mol. The Morgan fingerprint density at radius 3 is 2.58 bits per heavy atom. The number of hydrogen-bond acceptors (Lipinski definition) is 4. The average Bonchev–Trinajstić information content (AvgIpc) is 2.52. The number of amides is 1. The number of nitrogens with zero attached hydrogens (tertiary/aromatic N) is 1. The van der Waals surface area contributed by atoms with Crippen LogP contribution in [0.4, 0.5) is 5.82 Å². The van der Waals surface area contributed by atoms with Gasteiger partial charge >= 0.3 is 0 Å². The first-order valence-electron chi connectivity index (χ1n) is 8.70. The van der Waals surface area contributed by atoms with Gasteiger partial charge in [-0.05, 0) is 43.4 Å². The molecule has 0 aliphatic heterocycles. The van der Waals surface area contributed by atoms with Crippen molar-refractivity contribution < 1.29 is 9.59 Å². The lowest BCUT2D eigenvalue weighted by Crippen LogP contribution is -2.39. The van der Waals surface area contributed by atoms with E-state index in [4.69, 9.17) is 0 Å². The first-order chi connectivity index (χ1) is 11.2. The van der Waals surface area contributed by atoms with Gasteiger partial charge in [-0.2, -0.15) is 0 Å². The van der Waals surface area contributed by atoms with Crippen molar-refractivity contribution >= 4 is 17.5 Å². The van der Waals surface area contributed by atoms with Crippen LogP contribution in [0.2, 0.25) is 0 Å². The van der Waals surface area contributed by atoms with Gasteiger partial charge < -0.3 is 10.6 Å². The van der Waals surface area contributed by atoms with Crippen LogP contribution in [0.3, 0.4) is 0 Å². The number of carbonyl (C=O) groups is 2. The Kier molecular flexibility index (Phi) is 7.89. The number of rotatable bonds is 10. The van der Waals surface area contributed by atoms with Crippen molar-refractivity contribution in [3.8, 4) is 0 Å². The van der Waals surface area contributed by atoms with Gasteiger partial charge in [-0.15, -0.1) is 0 Å². The molecule has 24 heavy (non-hydrogen) atoms. The first kappa shape index (κ1) is 20.1. The van der Waals surface area contributed by atoms with Gasteiger partial charge in [0.25, 0.3) is 0 Å². The zero-order chi connectivity index (χ0) is 18.2. The number of anilines is 1. The normalized spacial score (nSPS) is 11.4. The molecule has 1 aromatic rings.